The topological polar surface area (TPSA) is 228 Å². The molecule has 1 aromatic carbocycles. The summed E-state index contributed by atoms with van der Waals surface area (Å²) in [5.74, 6) is -7.54. The fraction of sp³-hybridized carbons (Fsp3) is 0.290. The predicted molar refractivity (Wildman–Crippen MR) is 165 cm³/mol. The number of carboxylic acid groups (broad SMARTS) is 4. The minimum absolute atomic E-state index is 0.0210. The lowest BCUT2D eigenvalue weighted by Gasteiger charge is -2.37. The third-order valence-corrected chi connectivity index (χ3v) is 8.18. The van der Waals surface area contributed by atoms with Crippen molar-refractivity contribution in [1.29, 1.82) is 0 Å². The second kappa shape index (κ2) is 14.7. The SMILES string of the molecule is O=C(O)CN(CC(=O)O)[C@H](CCCCNC(=O)c1ccc(C(=O)O)c(C2=C3C=C(Cl)C(=O)C=C3O[C@@H]3C=C(O)C(Cl)=C[C@H]23)c1)C(=O)O. The highest BCUT2D eigenvalue weighted by molar-refractivity contribution is 6.45. The van der Waals surface area contributed by atoms with Gasteiger partial charge in [0.25, 0.3) is 5.91 Å². The van der Waals surface area contributed by atoms with Crippen molar-refractivity contribution in [3.63, 3.8) is 0 Å². The van der Waals surface area contributed by atoms with E-state index in [1.165, 1.54) is 36.4 Å². The van der Waals surface area contributed by atoms with Gasteiger partial charge in [-0.15, -0.1) is 0 Å². The van der Waals surface area contributed by atoms with Gasteiger partial charge < -0.3 is 35.6 Å². The Hall–Kier alpha value is -4.92. The van der Waals surface area contributed by atoms with E-state index in [-0.39, 0.29) is 64.1 Å². The summed E-state index contributed by atoms with van der Waals surface area (Å²) < 4.78 is 5.94. The Morgan fingerprint density at radius 1 is 0.936 bits per heavy atom. The lowest BCUT2D eigenvalue weighted by molar-refractivity contribution is -0.149. The normalized spacial score (nSPS) is 19.3. The van der Waals surface area contributed by atoms with Gasteiger partial charge in [0.1, 0.15) is 23.7 Å². The number of fused-ring (bicyclic) bond motifs is 2. The van der Waals surface area contributed by atoms with E-state index in [1.54, 1.807) is 0 Å². The van der Waals surface area contributed by atoms with Crippen LogP contribution in [0.2, 0.25) is 0 Å². The maximum atomic E-state index is 13.2. The molecular weight excluding hydrogens is 663 g/mol. The van der Waals surface area contributed by atoms with Crippen LogP contribution in [-0.2, 0) is 23.9 Å². The number of allylic oxidation sites excluding steroid dienone is 4. The van der Waals surface area contributed by atoms with E-state index in [9.17, 15) is 44.1 Å². The minimum atomic E-state index is -1.38. The average Bonchev–Trinajstić information content (AvgIpc) is 2.98. The van der Waals surface area contributed by atoms with Crippen LogP contribution in [0.4, 0.5) is 0 Å². The first kappa shape index (κ1) is 34.9. The van der Waals surface area contributed by atoms with Crippen LogP contribution in [0.15, 0.2) is 69.7 Å². The summed E-state index contributed by atoms with van der Waals surface area (Å²) >= 11 is 12.4. The Balaban J connectivity index is 1.57. The zero-order valence-electron chi connectivity index (χ0n) is 24.3. The van der Waals surface area contributed by atoms with Gasteiger partial charge in [0.2, 0.25) is 5.78 Å². The van der Waals surface area contributed by atoms with Gasteiger partial charge >= 0.3 is 23.9 Å². The molecule has 47 heavy (non-hydrogen) atoms. The number of nitrogens with zero attached hydrogens (tertiary/aromatic N) is 1. The zero-order chi connectivity index (χ0) is 34.6. The molecule has 1 heterocycles. The van der Waals surface area contributed by atoms with E-state index in [4.69, 9.17) is 38.2 Å². The maximum absolute atomic E-state index is 13.2. The molecule has 16 heteroatoms. The van der Waals surface area contributed by atoms with Crippen molar-refractivity contribution in [2.75, 3.05) is 19.6 Å². The van der Waals surface area contributed by atoms with Crippen LogP contribution in [0, 0.1) is 5.92 Å². The highest BCUT2D eigenvalue weighted by Crippen LogP contribution is 2.47. The van der Waals surface area contributed by atoms with Crippen molar-refractivity contribution in [2.24, 2.45) is 5.92 Å². The van der Waals surface area contributed by atoms with Crippen molar-refractivity contribution in [3.8, 4) is 0 Å². The number of unbranched alkanes of at least 4 members (excludes halogenated alkanes) is 1. The van der Waals surface area contributed by atoms with Crippen LogP contribution in [-0.4, -0.2) is 97.8 Å². The number of aliphatic hydroxyl groups excluding tert-OH is 1. The van der Waals surface area contributed by atoms with Crippen LogP contribution in [0.3, 0.4) is 0 Å². The number of benzene rings is 1. The first-order chi connectivity index (χ1) is 22.2. The average molecular weight is 691 g/mol. The predicted octanol–water partition coefficient (Wildman–Crippen LogP) is 3.15. The molecule has 1 amide bonds. The van der Waals surface area contributed by atoms with Gasteiger partial charge in [-0.05, 0) is 54.7 Å². The number of aliphatic hydroxyl groups is 1. The summed E-state index contributed by atoms with van der Waals surface area (Å²) in [5.41, 5.74) is 0.616. The summed E-state index contributed by atoms with van der Waals surface area (Å²) in [5, 5.41) is 50.4. The molecule has 0 spiro atoms. The molecule has 2 aliphatic carbocycles. The van der Waals surface area contributed by atoms with Gasteiger partial charge in [0.15, 0.2) is 0 Å². The number of halogens is 2. The standard InChI is InChI=1S/C31H28Cl2N2O12/c32-19-8-17-24(10-22(19)36)47-25-11-23(37)20(33)9-18(25)28(17)16-7-14(4-5-15(16)30(43)44)29(42)34-6-2-1-3-21(31(45)46)35(12-26(38)39)13-27(40)41/h4-5,7-11,17,21,24,36H,1-3,6,12-13H2,(H,34,42)(H,38,39)(H,40,41)(H,43,44)(H,45,46)/t17-,21+,24+/m0/s1. The van der Waals surface area contributed by atoms with E-state index in [0.717, 1.165) is 11.0 Å². The van der Waals surface area contributed by atoms with Gasteiger partial charge in [-0.25, -0.2) is 4.79 Å². The monoisotopic (exact) mass is 690 g/mol. The highest BCUT2D eigenvalue weighted by atomic mass is 35.5. The number of aliphatic carboxylic acids is 3. The van der Waals surface area contributed by atoms with Crippen LogP contribution < -0.4 is 5.32 Å². The summed E-state index contributed by atoms with van der Waals surface area (Å²) in [6, 6.07) is 2.53. The summed E-state index contributed by atoms with van der Waals surface area (Å²) in [4.78, 5) is 72.6. The number of carbonyl (C=O) groups is 6. The molecule has 0 unspecified atom stereocenters. The van der Waals surface area contributed by atoms with E-state index >= 15 is 0 Å². The molecular formula is C31H28Cl2N2O12. The molecule has 3 atom stereocenters. The molecule has 248 valence electrons. The number of hydrogen-bond donors (Lipinski definition) is 6. The van der Waals surface area contributed by atoms with E-state index in [0.29, 0.717) is 11.1 Å². The van der Waals surface area contributed by atoms with Gasteiger partial charge in [0.05, 0.1) is 28.7 Å². The van der Waals surface area contributed by atoms with Crippen molar-refractivity contribution >= 4 is 64.3 Å². The van der Waals surface area contributed by atoms with Crippen molar-refractivity contribution in [3.05, 3.63) is 86.3 Å². The van der Waals surface area contributed by atoms with Crippen LogP contribution in [0.1, 0.15) is 45.5 Å². The Bertz CT molecular complexity index is 1690. The smallest absolute Gasteiger partial charge is 0.336 e. The first-order valence-corrected chi connectivity index (χ1v) is 14.8. The lowest BCUT2D eigenvalue weighted by Crippen LogP contribution is -2.46. The second-order valence-corrected chi connectivity index (χ2v) is 11.5. The molecule has 4 rings (SSSR count). The molecule has 6 N–H and O–H groups in total. The van der Waals surface area contributed by atoms with Gasteiger partial charge in [-0.2, -0.15) is 0 Å². The van der Waals surface area contributed by atoms with Gasteiger partial charge in [-0.1, -0.05) is 29.3 Å². The fourth-order valence-electron chi connectivity index (χ4n) is 5.47. The van der Waals surface area contributed by atoms with Gasteiger partial charge in [-0.3, -0.25) is 28.9 Å². The molecule has 0 saturated heterocycles. The molecule has 3 aliphatic rings. The third kappa shape index (κ3) is 8.09. The molecule has 0 bridgehead atoms. The number of carboxylic acids is 4. The van der Waals surface area contributed by atoms with E-state index in [1.807, 2.05) is 0 Å². The van der Waals surface area contributed by atoms with Gasteiger partial charge in [0, 0.05) is 35.8 Å². The van der Waals surface area contributed by atoms with Crippen molar-refractivity contribution < 1.29 is 59.0 Å². The summed E-state index contributed by atoms with van der Waals surface area (Å²) in [6.07, 6.45) is 4.76. The lowest BCUT2D eigenvalue weighted by atomic mass is 9.77. The highest BCUT2D eigenvalue weighted by Gasteiger charge is 2.40. The number of rotatable bonds is 14. The number of aromatic carboxylic acids is 1. The summed E-state index contributed by atoms with van der Waals surface area (Å²) in [6.45, 7) is -1.51. The number of carbonyl (C=O) groups excluding carboxylic acids is 2. The molecule has 0 radical (unpaired) electrons. The van der Waals surface area contributed by atoms with Crippen molar-refractivity contribution in [1.82, 2.24) is 10.2 Å². The Morgan fingerprint density at radius 3 is 2.23 bits per heavy atom. The molecule has 1 aliphatic heterocycles. The molecule has 0 aromatic heterocycles. The molecule has 0 fully saturated rings. The zero-order valence-corrected chi connectivity index (χ0v) is 25.8. The molecule has 14 nitrogen and oxygen atoms in total. The second-order valence-electron chi connectivity index (χ2n) is 10.7. The number of ketones is 1. The van der Waals surface area contributed by atoms with E-state index < -0.39 is 66.7 Å². The largest absolute Gasteiger partial charge is 0.507 e. The Labute approximate surface area is 276 Å². The first-order valence-electron chi connectivity index (χ1n) is 14.1. The maximum Gasteiger partial charge on any atom is 0.336 e. The molecule has 0 saturated carbocycles. The number of nitrogens with one attached hydrogen (secondary N) is 1. The Morgan fingerprint density at radius 2 is 1.62 bits per heavy atom. The summed E-state index contributed by atoms with van der Waals surface area (Å²) in [7, 11) is 0. The van der Waals surface area contributed by atoms with Crippen LogP contribution >= 0.6 is 23.2 Å². The quantitative estimate of drug-likeness (QED) is 0.154. The number of ether oxygens (including phenoxy) is 1. The fourth-order valence-corrected chi connectivity index (χ4v) is 5.84. The third-order valence-electron chi connectivity index (χ3n) is 7.56. The van der Waals surface area contributed by atoms with Crippen LogP contribution in [0.25, 0.3) is 5.57 Å². The van der Waals surface area contributed by atoms with Crippen molar-refractivity contribution in [2.45, 2.75) is 31.4 Å². The van der Waals surface area contributed by atoms with E-state index in [2.05, 4.69) is 5.32 Å². The number of amides is 1. The minimum Gasteiger partial charge on any atom is -0.507 e. The van der Waals surface area contributed by atoms with Crippen LogP contribution in [0.5, 0.6) is 0 Å². The number of hydrogen-bond acceptors (Lipinski definition) is 9. The Kier molecular flexibility index (Phi) is 10.9. The molecule has 1 aromatic rings.